The van der Waals surface area contributed by atoms with E-state index in [9.17, 15) is 8.78 Å². The maximum atomic E-state index is 12.6. The maximum Gasteiger partial charge on any atom is 0.314 e. The molecular weight excluding hydrogens is 342 g/mol. The summed E-state index contributed by atoms with van der Waals surface area (Å²) in [6, 6.07) is 8.95. The molecule has 4 rings (SSSR count). The highest BCUT2D eigenvalue weighted by atomic mass is 19.3. The van der Waals surface area contributed by atoms with Crippen LogP contribution in [0.25, 0.3) is 23.0 Å². The molecule has 0 aliphatic heterocycles. The Morgan fingerprint density at radius 2 is 1.92 bits per heavy atom. The number of aromatic nitrogens is 6. The average molecular weight is 354 g/mol. The van der Waals surface area contributed by atoms with E-state index < -0.39 is 12.3 Å². The van der Waals surface area contributed by atoms with E-state index in [1.54, 1.807) is 24.5 Å². The monoisotopic (exact) mass is 354 g/mol. The predicted octanol–water partition coefficient (Wildman–Crippen LogP) is 3.38. The first-order chi connectivity index (χ1) is 12.7. The summed E-state index contributed by atoms with van der Waals surface area (Å²) in [6.45, 7) is 0.526. The molecule has 0 N–H and O–H groups in total. The Hall–Kier alpha value is -3.49. The second-order valence-electron chi connectivity index (χ2n) is 5.38. The lowest BCUT2D eigenvalue weighted by Crippen LogP contribution is -2.03. The first-order valence-corrected chi connectivity index (χ1v) is 7.70. The Kier molecular flexibility index (Phi) is 4.18. The SMILES string of the molecule is FC(F)c1nnc(-c2ccnc(-c3nccn3Cc3ccccn3)c2)o1. The lowest BCUT2D eigenvalue weighted by molar-refractivity contribution is 0.116. The molecule has 0 spiro atoms. The number of alkyl halides is 2. The summed E-state index contributed by atoms with van der Waals surface area (Å²) in [7, 11) is 0. The van der Waals surface area contributed by atoms with Crippen LogP contribution in [0.15, 0.2) is 59.5 Å². The van der Waals surface area contributed by atoms with Gasteiger partial charge in [-0.2, -0.15) is 8.78 Å². The molecule has 4 heterocycles. The smallest absolute Gasteiger partial charge is 0.314 e. The molecule has 0 fully saturated rings. The molecule has 0 aliphatic carbocycles. The van der Waals surface area contributed by atoms with E-state index in [1.807, 2.05) is 29.0 Å². The van der Waals surface area contributed by atoms with Crippen LogP contribution in [0.3, 0.4) is 0 Å². The van der Waals surface area contributed by atoms with Crippen LogP contribution < -0.4 is 0 Å². The molecule has 0 bridgehead atoms. The quantitative estimate of drug-likeness (QED) is 0.546. The Bertz CT molecular complexity index is 1010. The van der Waals surface area contributed by atoms with Crippen molar-refractivity contribution in [1.29, 1.82) is 0 Å². The van der Waals surface area contributed by atoms with E-state index in [2.05, 4.69) is 25.1 Å². The summed E-state index contributed by atoms with van der Waals surface area (Å²) in [6.07, 6.45) is 3.93. The zero-order chi connectivity index (χ0) is 17.9. The minimum absolute atomic E-state index is 0.00628. The molecule has 0 radical (unpaired) electrons. The van der Waals surface area contributed by atoms with Crippen molar-refractivity contribution in [3.05, 3.63) is 66.7 Å². The Labute approximate surface area is 146 Å². The van der Waals surface area contributed by atoms with Crippen LogP contribution in [-0.2, 0) is 6.54 Å². The molecule has 26 heavy (non-hydrogen) atoms. The van der Waals surface area contributed by atoms with Crippen molar-refractivity contribution in [3.63, 3.8) is 0 Å². The van der Waals surface area contributed by atoms with E-state index in [0.29, 0.717) is 23.6 Å². The van der Waals surface area contributed by atoms with Crippen LogP contribution in [0.4, 0.5) is 8.78 Å². The summed E-state index contributed by atoms with van der Waals surface area (Å²) in [5.41, 5.74) is 1.92. The minimum Gasteiger partial charge on any atom is -0.415 e. The second-order valence-corrected chi connectivity index (χ2v) is 5.38. The van der Waals surface area contributed by atoms with Crippen LogP contribution >= 0.6 is 0 Å². The maximum absolute atomic E-state index is 12.6. The van der Waals surface area contributed by atoms with Crippen molar-refractivity contribution in [2.24, 2.45) is 0 Å². The van der Waals surface area contributed by atoms with Gasteiger partial charge in [0.2, 0.25) is 5.89 Å². The molecule has 0 aromatic carbocycles. The van der Waals surface area contributed by atoms with Crippen LogP contribution in [0.2, 0.25) is 0 Å². The van der Waals surface area contributed by atoms with E-state index >= 15 is 0 Å². The summed E-state index contributed by atoms with van der Waals surface area (Å²) >= 11 is 0. The molecule has 0 amide bonds. The van der Waals surface area contributed by atoms with Gasteiger partial charge in [-0.3, -0.25) is 9.97 Å². The third-order valence-corrected chi connectivity index (χ3v) is 3.64. The molecule has 130 valence electrons. The number of imidazole rings is 1. The molecule has 0 aliphatic rings. The van der Waals surface area contributed by atoms with E-state index in [1.165, 1.54) is 6.20 Å². The van der Waals surface area contributed by atoms with Crippen LogP contribution in [0.1, 0.15) is 18.0 Å². The second kappa shape index (κ2) is 6.79. The highest BCUT2D eigenvalue weighted by molar-refractivity contribution is 5.61. The van der Waals surface area contributed by atoms with Crippen molar-refractivity contribution >= 4 is 0 Å². The molecule has 4 aromatic heterocycles. The van der Waals surface area contributed by atoms with Gasteiger partial charge in [0.05, 0.1) is 12.2 Å². The summed E-state index contributed by atoms with van der Waals surface area (Å²) in [5, 5.41) is 7.00. The molecule has 0 saturated heterocycles. The minimum atomic E-state index is -2.81. The number of hydrogen-bond acceptors (Lipinski definition) is 6. The zero-order valence-electron chi connectivity index (χ0n) is 13.3. The van der Waals surface area contributed by atoms with E-state index in [4.69, 9.17) is 4.42 Å². The molecule has 4 aromatic rings. The van der Waals surface area contributed by atoms with Crippen molar-refractivity contribution < 1.29 is 13.2 Å². The van der Waals surface area contributed by atoms with Gasteiger partial charge in [-0.25, -0.2) is 4.98 Å². The number of pyridine rings is 2. The fourth-order valence-electron chi connectivity index (χ4n) is 2.46. The van der Waals surface area contributed by atoms with Crippen molar-refractivity contribution in [1.82, 2.24) is 29.7 Å². The van der Waals surface area contributed by atoms with Gasteiger partial charge in [0.15, 0.2) is 5.82 Å². The molecule has 0 saturated carbocycles. The Morgan fingerprint density at radius 3 is 2.69 bits per heavy atom. The van der Waals surface area contributed by atoms with Crippen molar-refractivity contribution in [2.45, 2.75) is 13.0 Å². The summed E-state index contributed by atoms with van der Waals surface area (Å²) < 4.78 is 32.1. The number of rotatable bonds is 5. The topological polar surface area (TPSA) is 82.5 Å². The van der Waals surface area contributed by atoms with Gasteiger partial charge in [-0.15, -0.1) is 10.2 Å². The summed E-state index contributed by atoms with van der Waals surface area (Å²) in [4.78, 5) is 12.9. The highest BCUT2D eigenvalue weighted by Gasteiger charge is 2.18. The van der Waals surface area contributed by atoms with Gasteiger partial charge in [0, 0.05) is 30.4 Å². The Morgan fingerprint density at radius 1 is 1.00 bits per heavy atom. The molecule has 7 nitrogen and oxygen atoms in total. The van der Waals surface area contributed by atoms with Gasteiger partial charge in [-0.05, 0) is 24.3 Å². The van der Waals surface area contributed by atoms with Gasteiger partial charge in [0.25, 0.3) is 5.89 Å². The first kappa shape index (κ1) is 16.0. The fraction of sp³-hybridized carbons (Fsp3) is 0.118. The van der Waals surface area contributed by atoms with Gasteiger partial charge < -0.3 is 8.98 Å². The molecular formula is C17H12F2N6O. The lowest BCUT2D eigenvalue weighted by atomic mass is 10.2. The predicted molar refractivity (Wildman–Crippen MR) is 87.0 cm³/mol. The normalized spacial score (nSPS) is 11.2. The van der Waals surface area contributed by atoms with Gasteiger partial charge in [-0.1, -0.05) is 6.07 Å². The lowest BCUT2D eigenvalue weighted by Gasteiger charge is -2.07. The zero-order valence-corrected chi connectivity index (χ0v) is 13.3. The first-order valence-electron chi connectivity index (χ1n) is 7.70. The largest absolute Gasteiger partial charge is 0.415 e. The molecule has 0 atom stereocenters. The fourth-order valence-corrected chi connectivity index (χ4v) is 2.46. The highest BCUT2D eigenvalue weighted by Crippen LogP contribution is 2.25. The van der Waals surface area contributed by atoms with E-state index in [-0.39, 0.29) is 5.89 Å². The Balaban J connectivity index is 1.66. The van der Waals surface area contributed by atoms with Crippen LogP contribution in [-0.4, -0.2) is 29.7 Å². The molecule has 0 unspecified atom stereocenters. The van der Waals surface area contributed by atoms with E-state index in [0.717, 1.165) is 5.69 Å². The van der Waals surface area contributed by atoms with Gasteiger partial charge >= 0.3 is 6.43 Å². The van der Waals surface area contributed by atoms with Crippen LogP contribution in [0.5, 0.6) is 0 Å². The number of halogens is 2. The third kappa shape index (κ3) is 3.18. The average Bonchev–Trinajstić information content (AvgIpc) is 3.32. The van der Waals surface area contributed by atoms with Crippen molar-refractivity contribution in [2.75, 3.05) is 0 Å². The third-order valence-electron chi connectivity index (χ3n) is 3.64. The van der Waals surface area contributed by atoms with Gasteiger partial charge in [0.1, 0.15) is 5.69 Å². The molecule has 9 heteroatoms. The standard InChI is InChI=1S/C17H12F2N6O/c18-14(19)17-24-23-16(26-17)11-4-6-21-13(9-11)15-22-7-8-25(15)10-12-3-1-2-5-20-12/h1-9,14H,10H2. The van der Waals surface area contributed by atoms with Crippen LogP contribution in [0, 0.1) is 0 Å². The number of hydrogen-bond donors (Lipinski definition) is 0. The van der Waals surface area contributed by atoms with Crippen molar-refractivity contribution in [3.8, 4) is 23.0 Å². The summed E-state index contributed by atoms with van der Waals surface area (Å²) in [5.74, 6) is -0.0899. The number of nitrogens with zero attached hydrogens (tertiary/aromatic N) is 6.